The molecule has 28 nitrogen and oxygen atoms in total. The molecule has 444 valence electrons. The van der Waals surface area contributed by atoms with E-state index >= 15 is 0 Å². The predicted octanol–water partition coefficient (Wildman–Crippen LogP) is -0.751. The van der Waals surface area contributed by atoms with Gasteiger partial charge in [-0.25, -0.2) is 4.79 Å². The van der Waals surface area contributed by atoms with Crippen LogP contribution in [0, 0.1) is 0 Å². The summed E-state index contributed by atoms with van der Waals surface area (Å²) < 4.78 is 63.1. The van der Waals surface area contributed by atoms with Gasteiger partial charge in [0.25, 0.3) is 0 Å². The van der Waals surface area contributed by atoms with Crippen LogP contribution in [0.3, 0.4) is 0 Å². The molecule has 4 heterocycles. The average molecular weight is 1170 g/mol. The Bertz CT molecular complexity index is 3160. The molecular formula is C55H57O28+. The number of phenolic OH excluding ortho intramolecular Hbond substituents is 3. The maximum absolute atomic E-state index is 13.3. The zero-order valence-electron chi connectivity index (χ0n) is 43.3. The minimum absolute atomic E-state index is 0.00781. The molecule has 8 rings (SSSR count). The second-order valence-electron chi connectivity index (χ2n) is 18.9. The van der Waals surface area contributed by atoms with E-state index in [-0.39, 0.29) is 45.6 Å². The number of carbonyl (C=O) groups is 3. The van der Waals surface area contributed by atoms with Crippen molar-refractivity contribution in [3.8, 4) is 57.1 Å². The first-order valence-electron chi connectivity index (χ1n) is 25.1. The first-order chi connectivity index (χ1) is 39.6. The zero-order valence-corrected chi connectivity index (χ0v) is 43.3. The Kier molecular flexibility index (Phi) is 19.6. The summed E-state index contributed by atoms with van der Waals surface area (Å²) in [7, 11) is 1.32. The van der Waals surface area contributed by atoms with Gasteiger partial charge < -0.3 is 118 Å². The van der Waals surface area contributed by atoms with Gasteiger partial charge in [0.1, 0.15) is 110 Å². The van der Waals surface area contributed by atoms with Crippen molar-refractivity contribution < 1.29 is 132 Å². The van der Waals surface area contributed by atoms with E-state index in [0.29, 0.717) is 11.1 Å². The molecule has 0 unspecified atom stereocenters. The van der Waals surface area contributed by atoms with Crippen molar-refractivity contribution in [2.45, 2.75) is 98.5 Å². The van der Waals surface area contributed by atoms with Crippen molar-refractivity contribution in [1.82, 2.24) is 0 Å². The number of benzene rings is 4. The fourth-order valence-corrected chi connectivity index (χ4v) is 8.66. The lowest BCUT2D eigenvalue weighted by Crippen LogP contribution is -2.65. The summed E-state index contributed by atoms with van der Waals surface area (Å²) in [5.41, 5.74) is 0.116. The predicted molar refractivity (Wildman–Crippen MR) is 277 cm³/mol. The Labute approximate surface area is 468 Å². The number of aromatic hydroxyl groups is 3. The van der Waals surface area contributed by atoms with Crippen LogP contribution in [0.5, 0.6) is 34.5 Å². The van der Waals surface area contributed by atoms with Gasteiger partial charge in [0.05, 0.1) is 18.7 Å². The van der Waals surface area contributed by atoms with Gasteiger partial charge in [-0.3, -0.25) is 14.4 Å². The number of carbonyl (C=O) groups excluding carboxylic acids is 3. The molecular weight excluding hydrogens is 1110 g/mol. The molecule has 0 amide bonds. The molecule has 0 aromatic heterocycles. The molecule has 0 saturated carbocycles. The highest BCUT2D eigenvalue weighted by Gasteiger charge is 2.53. The molecule has 3 saturated heterocycles. The van der Waals surface area contributed by atoms with Crippen molar-refractivity contribution in [3.63, 3.8) is 0 Å². The number of hydrogen-bond acceptors (Lipinski definition) is 26. The molecule has 0 spiro atoms. The Morgan fingerprint density at radius 1 is 0.578 bits per heavy atom. The molecule has 5 aliphatic rings. The van der Waals surface area contributed by atoms with E-state index < -0.39 is 159 Å². The lowest BCUT2D eigenvalue weighted by molar-refractivity contribution is -0.357. The number of ether oxygens (including phenoxy) is 10. The second kappa shape index (κ2) is 26.8. The van der Waals surface area contributed by atoms with Crippen LogP contribution in [-0.2, 0) is 47.5 Å². The highest BCUT2D eigenvalue weighted by Crippen LogP contribution is 2.44. The number of aliphatic hydroxyl groups is 8. The zero-order chi connectivity index (χ0) is 59.8. The van der Waals surface area contributed by atoms with Crippen LogP contribution in [0.2, 0.25) is 0 Å². The van der Waals surface area contributed by atoms with Gasteiger partial charge in [0.2, 0.25) is 19.2 Å². The van der Waals surface area contributed by atoms with E-state index in [2.05, 4.69) is 0 Å². The maximum atomic E-state index is 13.3. The Hall–Kier alpha value is -8.23. The normalized spacial score (nSPS) is 28.1. The number of aliphatic carboxylic acids is 1. The van der Waals surface area contributed by atoms with Crippen LogP contribution in [0.15, 0.2) is 106 Å². The van der Waals surface area contributed by atoms with Crippen LogP contribution in [0.4, 0.5) is 0 Å². The molecule has 3 aromatic rings. The number of fused-ring (bicyclic) bond motifs is 1. The van der Waals surface area contributed by atoms with Crippen LogP contribution in [-0.4, -0.2) is 209 Å². The summed E-state index contributed by atoms with van der Waals surface area (Å²) in [5, 5.41) is 128. The van der Waals surface area contributed by atoms with Gasteiger partial charge in [0, 0.05) is 23.8 Å². The monoisotopic (exact) mass is 1170 g/mol. The third-order valence-corrected chi connectivity index (χ3v) is 13.1. The molecule has 15 atom stereocenters. The molecule has 4 aliphatic heterocycles. The Balaban J connectivity index is 1.12. The van der Waals surface area contributed by atoms with Crippen molar-refractivity contribution in [1.29, 1.82) is 0 Å². The first kappa shape index (κ1) is 60.9. The molecule has 0 bridgehead atoms. The van der Waals surface area contributed by atoms with E-state index in [1.54, 1.807) is 0 Å². The summed E-state index contributed by atoms with van der Waals surface area (Å²) in [6.07, 6.45) is -25.5. The highest BCUT2D eigenvalue weighted by molar-refractivity contribution is 5.90. The van der Waals surface area contributed by atoms with Crippen LogP contribution in [0.25, 0.3) is 34.8 Å². The smallest absolute Gasteiger partial charge is 0.508 e. The number of phenols is 3. The molecule has 83 heavy (non-hydrogen) atoms. The van der Waals surface area contributed by atoms with Crippen LogP contribution >= 0.6 is 0 Å². The molecule has 1 aliphatic carbocycles. The number of methoxy groups -OCH3 is 1. The van der Waals surface area contributed by atoms with Crippen LogP contribution in [0.1, 0.15) is 17.5 Å². The average Bonchev–Trinajstić information content (AvgIpc) is 3.38. The molecule has 28 heteroatoms. The lowest BCUT2D eigenvalue weighted by Gasteiger charge is -2.45. The second-order valence-corrected chi connectivity index (χ2v) is 18.9. The summed E-state index contributed by atoms with van der Waals surface area (Å²) in [6.45, 7) is -2.33. The Morgan fingerprint density at radius 3 is 1.78 bits per heavy atom. The van der Waals surface area contributed by atoms with Gasteiger partial charge >= 0.3 is 23.9 Å². The van der Waals surface area contributed by atoms with Crippen LogP contribution < -0.4 is 19.6 Å². The minimum atomic E-state index is -2.16. The number of hydrogen-bond donors (Lipinski definition) is 12. The fourth-order valence-electron chi connectivity index (χ4n) is 8.66. The topological polar surface area (TPSA) is 438 Å². The largest absolute Gasteiger partial charge is 0.510 e. The van der Waals surface area contributed by atoms with Crippen molar-refractivity contribution in [2.24, 2.45) is 0 Å². The summed E-state index contributed by atoms with van der Waals surface area (Å²) >= 11 is 0. The minimum Gasteiger partial charge on any atom is -0.508 e. The van der Waals surface area contributed by atoms with Gasteiger partial charge in [-0.2, -0.15) is 0 Å². The number of esters is 3. The number of aliphatic hydroxyl groups excluding tert-OH is 8. The van der Waals surface area contributed by atoms with E-state index in [9.17, 15) is 80.1 Å². The van der Waals surface area contributed by atoms with Gasteiger partial charge in [-0.15, -0.1) is 0 Å². The third-order valence-electron chi connectivity index (χ3n) is 13.1. The van der Waals surface area contributed by atoms with Gasteiger partial charge in [-0.1, -0.05) is 18.2 Å². The van der Waals surface area contributed by atoms with Gasteiger partial charge in [-0.05, 0) is 77.9 Å². The first-order valence-corrected chi connectivity index (χ1v) is 25.1. The fraction of sp³-hybridized carbons (Fsp3) is 0.364. The molecule has 0 radical (unpaired) electrons. The number of carboxylic acids is 1. The molecule has 13 N–H and O–H groups in total. The molecule has 3 aromatic carbocycles. The standard InChI is InChI=1S/C55H56O28/c1-73-34-16-25(4-13-31(34)59)6-15-41(63)75-22-38-45(67)48(70)52(83-54-50(72)47(69)43(65)36(81-54)21-74-40(62)14-5-24-2-9-27(56)10-3-24)55(82-38)79-35-19-30-32(77-51(35)26-7-11-28(57)12-8-26)17-29(58)18-33(30)78-53-49(71)46(68)44(66)37(80-53)23-76-42(64)20-39(60)61/h2-19,36-38,43-50,52-57,59,65-72H,20-23H2,1H3,(H,60,61)/p+1/t36-,37-,38-,43-,44-,45-,46+,47+,48+,49-,50-,52-,53-,54+,55-/m1/s1. The highest BCUT2D eigenvalue weighted by atomic mass is 16.8. The molecule has 3 fully saturated rings. The van der Waals surface area contributed by atoms with E-state index in [4.69, 9.17) is 56.9 Å². The lowest BCUT2D eigenvalue weighted by atomic mass is 9.97. The third kappa shape index (κ3) is 14.9. The SMILES string of the molecule is COc1cc(C=CC(=O)OC[C@H]2O[C@@H](Oc3cc4c(O[C@@H]5O[C@H](COC(=O)CC(=O)O)[C@@H](O)[C@H](O)[C@H]5O)cc(=O)cc-4oc3-c3ccc(O)cc3)[C@H](O[C@@H]3O[C@H](COC(=[OH+])C=Cc4ccc(O)cc4)[C@@H](O)[C@H](O)[C@H]3O)[C@@H](O)[C@@H]2O)ccc1O. The van der Waals surface area contributed by atoms with Crippen molar-refractivity contribution in [3.05, 3.63) is 118 Å². The number of rotatable bonds is 20. The van der Waals surface area contributed by atoms with Gasteiger partial charge in [0.15, 0.2) is 40.8 Å². The van der Waals surface area contributed by atoms with E-state index in [1.807, 2.05) is 0 Å². The quantitative estimate of drug-likeness (QED) is 0.0150. The van der Waals surface area contributed by atoms with E-state index in [1.165, 1.54) is 92.1 Å². The Morgan fingerprint density at radius 2 is 1.13 bits per heavy atom. The summed E-state index contributed by atoms with van der Waals surface area (Å²) in [5.74, 6) is -6.13. The maximum Gasteiger partial charge on any atom is 0.510 e. The summed E-state index contributed by atoms with van der Waals surface area (Å²) in [4.78, 5) is 59.9. The van der Waals surface area contributed by atoms with Crippen molar-refractivity contribution in [2.75, 3.05) is 26.9 Å². The van der Waals surface area contributed by atoms with Crippen molar-refractivity contribution >= 4 is 36.0 Å². The number of carboxylic acid groups (broad SMARTS) is 1. The van der Waals surface area contributed by atoms with E-state index in [0.717, 1.165) is 24.3 Å². The summed E-state index contributed by atoms with van der Waals surface area (Å²) in [6, 6.07) is 18.3.